The lowest BCUT2D eigenvalue weighted by atomic mass is 9.83. The Hall–Kier alpha value is -1.10. The van der Waals surface area contributed by atoms with Crippen LogP contribution in [0.4, 0.5) is 13.2 Å². The molecule has 1 fully saturated rings. The van der Waals surface area contributed by atoms with E-state index in [1.165, 1.54) is 35.7 Å². The van der Waals surface area contributed by atoms with E-state index in [4.69, 9.17) is 4.74 Å². The molecular formula is C17H20F3OS+. The molecule has 0 aromatic rings. The molecule has 0 aromatic carbocycles. The van der Waals surface area contributed by atoms with Crippen LogP contribution in [0.25, 0.3) is 0 Å². The van der Waals surface area contributed by atoms with Crippen LogP contribution in [0.5, 0.6) is 0 Å². The third-order valence-corrected chi connectivity index (χ3v) is 6.86. The van der Waals surface area contributed by atoms with E-state index in [0.717, 1.165) is 0 Å². The fourth-order valence-corrected chi connectivity index (χ4v) is 5.85. The average Bonchev–Trinajstić information content (AvgIpc) is 2.52. The molecule has 0 aromatic heterocycles. The number of ether oxygens (including phenoxy) is 1. The van der Waals surface area contributed by atoms with Gasteiger partial charge in [0.25, 0.3) is 0 Å². The van der Waals surface area contributed by atoms with Crippen molar-refractivity contribution in [2.75, 3.05) is 18.1 Å². The van der Waals surface area contributed by atoms with Gasteiger partial charge in [-0.15, -0.1) is 0 Å². The van der Waals surface area contributed by atoms with E-state index in [1.54, 1.807) is 6.08 Å². The Bertz CT molecular complexity index is 525. The van der Waals surface area contributed by atoms with Gasteiger partial charge < -0.3 is 4.74 Å². The molecular weight excluding hydrogens is 309 g/mol. The fourth-order valence-electron chi connectivity index (χ4n) is 3.20. The number of alkyl halides is 3. The number of hydrogen-bond acceptors (Lipinski definition) is 1. The van der Waals surface area contributed by atoms with Crippen LogP contribution in [-0.4, -0.2) is 24.3 Å². The zero-order valence-electron chi connectivity index (χ0n) is 12.3. The van der Waals surface area contributed by atoms with Crippen molar-refractivity contribution in [1.82, 2.24) is 0 Å². The van der Waals surface area contributed by atoms with Crippen LogP contribution in [0.15, 0.2) is 47.1 Å². The van der Waals surface area contributed by atoms with E-state index in [9.17, 15) is 13.2 Å². The molecule has 120 valence electrons. The highest BCUT2D eigenvalue weighted by atomic mass is 32.2. The van der Waals surface area contributed by atoms with Gasteiger partial charge >= 0.3 is 6.18 Å². The summed E-state index contributed by atoms with van der Waals surface area (Å²) in [5.41, 5.74) is 0. The zero-order valence-corrected chi connectivity index (χ0v) is 13.1. The van der Waals surface area contributed by atoms with Crippen molar-refractivity contribution in [3.8, 4) is 0 Å². The summed E-state index contributed by atoms with van der Waals surface area (Å²) < 4.78 is 42.3. The van der Waals surface area contributed by atoms with Crippen molar-refractivity contribution in [3.63, 3.8) is 0 Å². The highest BCUT2D eigenvalue weighted by Crippen LogP contribution is 2.41. The molecule has 1 nitrogen and oxygen atoms in total. The lowest BCUT2D eigenvalue weighted by Crippen LogP contribution is -2.30. The van der Waals surface area contributed by atoms with Gasteiger partial charge in [0.15, 0.2) is 6.61 Å². The van der Waals surface area contributed by atoms with Crippen molar-refractivity contribution in [3.05, 3.63) is 47.1 Å². The van der Waals surface area contributed by atoms with Gasteiger partial charge in [0.2, 0.25) is 0 Å². The first-order valence-corrected chi connectivity index (χ1v) is 9.25. The van der Waals surface area contributed by atoms with Crippen molar-refractivity contribution in [2.45, 2.75) is 25.4 Å². The van der Waals surface area contributed by atoms with E-state index in [1.807, 2.05) is 24.3 Å². The van der Waals surface area contributed by atoms with Gasteiger partial charge in [-0.05, 0) is 31.4 Å². The van der Waals surface area contributed by atoms with Crippen LogP contribution in [0, 0.1) is 11.8 Å². The van der Waals surface area contributed by atoms with Gasteiger partial charge in [-0.1, -0.05) is 24.3 Å². The molecule has 2 unspecified atom stereocenters. The first kappa shape index (κ1) is 15.8. The maximum absolute atomic E-state index is 12.4. The second kappa shape index (κ2) is 6.57. The molecule has 0 N–H and O–H groups in total. The second-order valence-corrected chi connectivity index (χ2v) is 8.10. The van der Waals surface area contributed by atoms with E-state index in [-0.39, 0.29) is 22.7 Å². The summed E-state index contributed by atoms with van der Waals surface area (Å²) in [6.07, 6.45) is 11.3. The zero-order chi connectivity index (χ0) is 15.6. The predicted molar refractivity (Wildman–Crippen MR) is 84.4 cm³/mol. The molecule has 2 aliphatic carbocycles. The molecule has 5 heteroatoms. The van der Waals surface area contributed by atoms with E-state index in [0.29, 0.717) is 5.76 Å². The molecule has 1 heterocycles. The van der Waals surface area contributed by atoms with Crippen molar-refractivity contribution in [1.29, 1.82) is 0 Å². The molecule has 0 saturated carbocycles. The largest absolute Gasteiger partial charge is 0.488 e. The van der Waals surface area contributed by atoms with Gasteiger partial charge in [-0.2, -0.15) is 13.2 Å². The molecule has 1 aliphatic heterocycles. The third kappa shape index (κ3) is 3.62. The number of hydrogen-bond donors (Lipinski definition) is 0. The monoisotopic (exact) mass is 329 g/mol. The van der Waals surface area contributed by atoms with Crippen molar-refractivity contribution < 1.29 is 17.9 Å². The second-order valence-electron chi connectivity index (χ2n) is 5.82. The molecule has 3 aliphatic rings. The minimum Gasteiger partial charge on any atom is -0.488 e. The number of halogens is 3. The van der Waals surface area contributed by atoms with E-state index >= 15 is 0 Å². The highest BCUT2D eigenvalue weighted by molar-refractivity contribution is 8.00. The Morgan fingerprint density at radius 1 is 1.00 bits per heavy atom. The van der Waals surface area contributed by atoms with Crippen LogP contribution < -0.4 is 0 Å². The highest BCUT2D eigenvalue weighted by Gasteiger charge is 2.40. The lowest BCUT2D eigenvalue weighted by Gasteiger charge is -2.31. The predicted octanol–water partition coefficient (Wildman–Crippen LogP) is 4.51. The van der Waals surface area contributed by atoms with Crippen molar-refractivity contribution in [2.24, 2.45) is 11.8 Å². The average molecular weight is 329 g/mol. The molecule has 2 atom stereocenters. The Morgan fingerprint density at radius 2 is 1.68 bits per heavy atom. The number of fused-ring (bicyclic) bond motifs is 1. The summed E-state index contributed by atoms with van der Waals surface area (Å²) in [7, 11) is 0.268. The maximum Gasteiger partial charge on any atom is 0.422 e. The van der Waals surface area contributed by atoms with Gasteiger partial charge in [0.1, 0.15) is 22.2 Å². The molecule has 0 radical (unpaired) electrons. The summed E-state index contributed by atoms with van der Waals surface area (Å²) in [4.78, 5) is 1.39. The van der Waals surface area contributed by atoms with E-state index in [2.05, 4.69) is 6.08 Å². The maximum atomic E-state index is 12.4. The Balaban J connectivity index is 1.79. The summed E-state index contributed by atoms with van der Waals surface area (Å²) in [5.74, 6) is 2.96. The molecule has 1 saturated heterocycles. The minimum atomic E-state index is -4.29. The molecule has 0 spiro atoms. The summed E-state index contributed by atoms with van der Waals surface area (Å²) in [6, 6.07) is 0. The lowest BCUT2D eigenvalue weighted by molar-refractivity contribution is -0.166. The topological polar surface area (TPSA) is 9.23 Å². The Labute approximate surface area is 132 Å². The van der Waals surface area contributed by atoms with Gasteiger partial charge in [-0.3, -0.25) is 0 Å². The standard InChI is InChI=1S/C17H20F3OS/c18-17(19,20)12-21-15-8-9-16(22-10-4-1-5-11-22)14-7-3-2-6-13(14)15/h2-3,6-9,13-14H,1,4-5,10-12H2/q+1. The number of rotatable bonds is 3. The molecule has 0 bridgehead atoms. The van der Waals surface area contributed by atoms with Gasteiger partial charge in [0, 0.05) is 16.8 Å². The minimum absolute atomic E-state index is 0.0817. The van der Waals surface area contributed by atoms with Crippen LogP contribution in [0.2, 0.25) is 0 Å². The molecule has 22 heavy (non-hydrogen) atoms. The fraction of sp³-hybridized carbons (Fsp3) is 0.529. The summed E-state index contributed by atoms with van der Waals surface area (Å²) >= 11 is 0. The normalized spacial score (nSPS) is 28.9. The van der Waals surface area contributed by atoms with Crippen LogP contribution in [0.3, 0.4) is 0 Å². The summed E-state index contributed by atoms with van der Waals surface area (Å²) in [5, 5.41) is 0. The summed E-state index contributed by atoms with van der Waals surface area (Å²) in [6.45, 7) is -1.21. The molecule has 3 rings (SSSR count). The first-order valence-electron chi connectivity index (χ1n) is 7.68. The smallest absolute Gasteiger partial charge is 0.422 e. The van der Waals surface area contributed by atoms with Crippen molar-refractivity contribution >= 4 is 10.9 Å². The van der Waals surface area contributed by atoms with E-state index < -0.39 is 12.8 Å². The number of allylic oxidation sites excluding steroid dienone is 7. The van der Waals surface area contributed by atoms with Gasteiger partial charge in [0.05, 0.1) is 5.92 Å². The SMILES string of the molecule is FC(F)(F)COC1=CC=C([S+]2CCCCC2)C2C=CC=CC12. The molecule has 0 amide bonds. The quantitative estimate of drug-likeness (QED) is 0.692. The van der Waals surface area contributed by atoms with Crippen LogP contribution >= 0.6 is 0 Å². The third-order valence-electron chi connectivity index (χ3n) is 4.22. The van der Waals surface area contributed by atoms with Gasteiger partial charge in [-0.25, -0.2) is 0 Å². The Kier molecular flexibility index (Phi) is 4.71. The Morgan fingerprint density at radius 3 is 2.36 bits per heavy atom. The van der Waals surface area contributed by atoms with Crippen LogP contribution in [0.1, 0.15) is 19.3 Å². The first-order chi connectivity index (χ1) is 10.5. The van der Waals surface area contributed by atoms with Crippen LogP contribution in [-0.2, 0) is 15.6 Å².